The van der Waals surface area contributed by atoms with Gasteiger partial charge >= 0.3 is 11.6 Å². The zero-order valence-corrected chi connectivity index (χ0v) is 12.5. The van der Waals surface area contributed by atoms with E-state index in [0.29, 0.717) is 16.0 Å². The van der Waals surface area contributed by atoms with Gasteiger partial charge in [-0.3, -0.25) is 0 Å². The van der Waals surface area contributed by atoms with Crippen LogP contribution in [0, 0.1) is 6.92 Å². The minimum Gasteiger partial charge on any atom is -0.456 e. The van der Waals surface area contributed by atoms with E-state index in [1.807, 2.05) is 0 Å². The third-order valence-corrected chi connectivity index (χ3v) is 2.82. The van der Waals surface area contributed by atoms with Crippen molar-refractivity contribution in [3.8, 4) is 0 Å². The summed E-state index contributed by atoms with van der Waals surface area (Å²) in [5.74, 6) is -0.703. The Morgan fingerprint density at radius 1 is 1.25 bits per heavy atom. The first kappa shape index (κ1) is 14.6. The topological polar surface area (TPSA) is 56.5 Å². The van der Waals surface area contributed by atoms with E-state index in [4.69, 9.17) is 20.8 Å². The standard InChI is InChI=1S/C15H15ClO4/c1-8-5-10(16)6-9-7-11(13(17)19-12(8)9)14(18)20-15(2,3)4/h5-7H,1-4H3. The summed E-state index contributed by atoms with van der Waals surface area (Å²) in [5, 5.41) is 1.11. The summed E-state index contributed by atoms with van der Waals surface area (Å²) in [5.41, 5.74) is -0.360. The number of carbonyl (C=O) groups excluding carboxylic acids is 1. The lowest BCUT2D eigenvalue weighted by Gasteiger charge is -2.19. The third kappa shape index (κ3) is 3.02. The van der Waals surface area contributed by atoms with Crippen LogP contribution in [-0.2, 0) is 4.74 Å². The fraction of sp³-hybridized carbons (Fsp3) is 0.333. The fourth-order valence-electron chi connectivity index (χ4n) is 1.84. The molecule has 5 heteroatoms. The second-order valence-corrected chi connectivity index (χ2v) is 6.03. The summed E-state index contributed by atoms with van der Waals surface area (Å²) in [6.07, 6.45) is 0. The van der Waals surface area contributed by atoms with Crippen molar-refractivity contribution in [2.24, 2.45) is 0 Å². The first-order valence-corrected chi connectivity index (χ1v) is 6.52. The van der Waals surface area contributed by atoms with Crippen molar-refractivity contribution in [1.82, 2.24) is 0 Å². The smallest absolute Gasteiger partial charge is 0.351 e. The number of carbonyl (C=O) groups is 1. The number of fused-ring (bicyclic) bond motifs is 1. The summed E-state index contributed by atoms with van der Waals surface area (Å²) >= 11 is 5.97. The number of hydrogen-bond donors (Lipinski definition) is 0. The van der Waals surface area contributed by atoms with Gasteiger partial charge in [-0.05, 0) is 51.5 Å². The van der Waals surface area contributed by atoms with Gasteiger partial charge in [0.2, 0.25) is 0 Å². The van der Waals surface area contributed by atoms with Gasteiger partial charge < -0.3 is 9.15 Å². The number of halogens is 1. The predicted octanol–water partition coefficient (Wildman–Crippen LogP) is 3.71. The molecule has 0 fully saturated rings. The minimum absolute atomic E-state index is 0.130. The lowest BCUT2D eigenvalue weighted by atomic mass is 10.1. The second kappa shape index (κ2) is 4.94. The monoisotopic (exact) mass is 294 g/mol. The van der Waals surface area contributed by atoms with E-state index in [-0.39, 0.29) is 5.56 Å². The van der Waals surface area contributed by atoms with Crippen LogP contribution in [0.1, 0.15) is 36.7 Å². The zero-order valence-electron chi connectivity index (χ0n) is 11.7. The molecular formula is C15H15ClO4. The predicted molar refractivity (Wildman–Crippen MR) is 77.4 cm³/mol. The molecule has 0 aliphatic rings. The molecule has 0 atom stereocenters. The van der Waals surface area contributed by atoms with Crippen LogP contribution in [0.15, 0.2) is 27.4 Å². The van der Waals surface area contributed by atoms with Crippen LogP contribution in [0.4, 0.5) is 0 Å². The highest BCUT2D eigenvalue weighted by Gasteiger charge is 2.22. The molecule has 20 heavy (non-hydrogen) atoms. The van der Waals surface area contributed by atoms with Crippen LogP contribution in [0.25, 0.3) is 11.0 Å². The molecule has 0 aliphatic carbocycles. The van der Waals surface area contributed by atoms with Crippen LogP contribution in [0.3, 0.4) is 0 Å². The van der Waals surface area contributed by atoms with Gasteiger partial charge in [-0.2, -0.15) is 0 Å². The summed E-state index contributed by atoms with van der Waals surface area (Å²) in [7, 11) is 0. The van der Waals surface area contributed by atoms with Crippen molar-refractivity contribution in [2.75, 3.05) is 0 Å². The van der Waals surface area contributed by atoms with E-state index >= 15 is 0 Å². The zero-order chi connectivity index (χ0) is 15.1. The molecule has 4 nitrogen and oxygen atoms in total. The van der Waals surface area contributed by atoms with Crippen molar-refractivity contribution < 1.29 is 13.9 Å². The molecule has 0 spiro atoms. The molecule has 0 radical (unpaired) electrons. The Morgan fingerprint density at radius 2 is 1.90 bits per heavy atom. The molecule has 0 bridgehead atoms. The molecule has 0 saturated carbocycles. The van der Waals surface area contributed by atoms with E-state index in [9.17, 15) is 9.59 Å². The van der Waals surface area contributed by atoms with Gasteiger partial charge in [-0.15, -0.1) is 0 Å². The number of esters is 1. The van der Waals surface area contributed by atoms with E-state index in [2.05, 4.69) is 0 Å². The molecule has 0 aliphatic heterocycles. The Bertz CT molecular complexity index is 738. The largest absolute Gasteiger partial charge is 0.456 e. The molecule has 1 heterocycles. The van der Waals surface area contributed by atoms with Crippen molar-refractivity contribution in [1.29, 1.82) is 0 Å². The van der Waals surface area contributed by atoms with Crippen LogP contribution >= 0.6 is 11.6 Å². The Labute approximate surface area is 121 Å². The summed E-state index contributed by atoms with van der Waals surface area (Å²) in [4.78, 5) is 23.9. The molecule has 0 saturated heterocycles. The first-order chi connectivity index (χ1) is 9.17. The summed E-state index contributed by atoms with van der Waals surface area (Å²) in [6, 6.07) is 4.79. The molecule has 1 aromatic heterocycles. The number of rotatable bonds is 1. The third-order valence-electron chi connectivity index (χ3n) is 2.60. The Morgan fingerprint density at radius 3 is 2.50 bits per heavy atom. The Hall–Kier alpha value is -1.81. The first-order valence-electron chi connectivity index (χ1n) is 6.15. The normalized spacial score (nSPS) is 11.7. The minimum atomic E-state index is -0.711. The van der Waals surface area contributed by atoms with Crippen molar-refractivity contribution in [2.45, 2.75) is 33.3 Å². The molecular weight excluding hydrogens is 280 g/mol. The number of aryl methyl sites for hydroxylation is 1. The fourth-order valence-corrected chi connectivity index (χ4v) is 2.12. The van der Waals surface area contributed by atoms with Crippen LogP contribution in [-0.4, -0.2) is 11.6 Å². The molecule has 106 valence electrons. The molecule has 2 aromatic rings. The quantitative estimate of drug-likeness (QED) is 0.594. The second-order valence-electron chi connectivity index (χ2n) is 5.59. The Balaban J connectivity index is 2.59. The van der Waals surface area contributed by atoms with Crippen molar-refractivity contribution >= 4 is 28.5 Å². The highest BCUT2D eigenvalue weighted by Crippen LogP contribution is 2.23. The number of benzene rings is 1. The maximum atomic E-state index is 12.0. The maximum Gasteiger partial charge on any atom is 0.351 e. The van der Waals surface area contributed by atoms with Crippen molar-refractivity contribution in [3.63, 3.8) is 0 Å². The summed E-state index contributed by atoms with van der Waals surface area (Å²) < 4.78 is 10.4. The van der Waals surface area contributed by atoms with E-state index in [0.717, 1.165) is 5.56 Å². The molecule has 0 amide bonds. The maximum absolute atomic E-state index is 12.0. The van der Waals surface area contributed by atoms with Gasteiger partial charge in [0.15, 0.2) is 0 Å². The average Bonchev–Trinajstić information content (AvgIpc) is 2.27. The number of hydrogen-bond acceptors (Lipinski definition) is 4. The van der Waals surface area contributed by atoms with Gasteiger partial charge in [-0.1, -0.05) is 11.6 Å². The van der Waals surface area contributed by atoms with E-state index in [1.165, 1.54) is 6.07 Å². The van der Waals surface area contributed by atoms with Crippen molar-refractivity contribution in [3.05, 3.63) is 44.8 Å². The van der Waals surface area contributed by atoms with Crippen LogP contribution < -0.4 is 5.63 Å². The van der Waals surface area contributed by atoms with Gasteiger partial charge in [0.25, 0.3) is 0 Å². The molecule has 0 N–H and O–H groups in total. The van der Waals surface area contributed by atoms with Crippen LogP contribution in [0.5, 0.6) is 0 Å². The SMILES string of the molecule is Cc1cc(Cl)cc2cc(C(=O)OC(C)(C)C)c(=O)oc12. The van der Waals surface area contributed by atoms with Gasteiger partial charge in [0.1, 0.15) is 16.7 Å². The number of ether oxygens (including phenoxy) is 1. The highest BCUT2D eigenvalue weighted by molar-refractivity contribution is 6.31. The molecule has 0 unspecified atom stereocenters. The molecule has 1 aromatic carbocycles. The average molecular weight is 295 g/mol. The van der Waals surface area contributed by atoms with Gasteiger partial charge in [0.05, 0.1) is 0 Å². The summed E-state index contributed by atoms with van der Waals surface area (Å²) in [6.45, 7) is 6.97. The highest BCUT2D eigenvalue weighted by atomic mass is 35.5. The van der Waals surface area contributed by atoms with E-state index in [1.54, 1.807) is 39.8 Å². The van der Waals surface area contributed by atoms with E-state index < -0.39 is 17.2 Å². The lowest BCUT2D eigenvalue weighted by molar-refractivity contribution is 0.00654. The van der Waals surface area contributed by atoms with Gasteiger partial charge in [-0.25, -0.2) is 9.59 Å². The van der Waals surface area contributed by atoms with Crippen LogP contribution in [0.2, 0.25) is 5.02 Å². The lowest BCUT2D eigenvalue weighted by Crippen LogP contribution is -2.27. The molecule has 2 rings (SSSR count). The van der Waals surface area contributed by atoms with Gasteiger partial charge in [0, 0.05) is 10.4 Å². The Kier molecular flexibility index (Phi) is 3.61.